The van der Waals surface area contributed by atoms with E-state index in [2.05, 4.69) is 15.5 Å². The van der Waals surface area contributed by atoms with E-state index < -0.39 is 0 Å². The molecule has 3 heterocycles. The summed E-state index contributed by atoms with van der Waals surface area (Å²) in [5.74, 6) is 0.0816. The van der Waals surface area contributed by atoms with Gasteiger partial charge in [0.25, 0.3) is 5.91 Å². The van der Waals surface area contributed by atoms with E-state index >= 15 is 0 Å². The first-order valence-electron chi connectivity index (χ1n) is 7.29. The molecule has 0 spiro atoms. The fraction of sp³-hybridized carbons (Fsp3) is 0.533. The monoisotopic (exact) mass is 304 g/mol. The van der Waals surface area contributed by atoms with E-state index in [9.17, 15) is 4.79 Å². The smallest absolute Gasteiger partial charge is 0.257 e. The molecule has 0 aliphatic carbocycles. The summed E-state index contributed by atoms with van der Waals surface area (Å²) < 4.78 is 1.75. The molecule has 0 N–H and O–H groups in total. The molecule has 1 fully saturated rings. The largest absolute Gasteiger partial charge is 0.329 e. The second-order valence-electron chi connectivity index (χ2n) is 5.60. The Labute approximate surface area is 128 Å². The Morgan fingerprint density at radius 3 is 2.81 bits per heavy atom. The summed E-state index contributed by atoms with van der Waals surface area (Å²) >= 11 is 1.66. The zero-order valence-electron chi connectivity index (χ0n) is 12.7. The lowest BCUT2D eigenvalue weighted by atomic mass is 10.0. The van der Waals surface area contributed by atoms with Crippen LogP contribution in [0.5, 0.6) is 0 Å². The van der Waals surface area contributed by atoms with Gasteiger partial charge in [-0.2, -0.15) is 5.10 Å². The van der Waals surface area contributed by atoms with Gasteiger partial charge in [0.05, 0.1) is 17.8 Å². The fourth-order valence-corrected chi connectivity index (χ4v) is 3.76. The van der Waals surface area contributed by atoms with E-state index in [4.69, 9.17) is 0 Å². The molecule has 0 saturated carbocycles. The second-order valence-corrected chi connectivity index (χ2v) is 6.49. The molecule has 112 valence electrons. The highest BCUT2D eigenvalue weighted by atomic mass is 32.1. The highest BCUT2D eigenvalue weighted by Crippen LogP contribution is 2.34. The Hall–Kier alpha value is -1.69. The first-order chi connectivity index (χ1) is 10.1. The third-order valence-electron chi connectivity index (χ3n) is 4.15. The number of hydrogen-bond donors (Lipinski definition) is 0. The van der Waals surface area contributed by atoms with Crippen LogP contribution in [0.25, 0.3) is 0 Å². The van der Waals surface area contributed by atoms with Crippen molar-refractivity contribution in [2.45, 2.75) is 39.2 Å². The molecule has 2 aromatic heterocycles. The van der Waals surface area contributed by atoms with Crippen LogP contribution in [0.3, 0.4) is 0 Å². The van der Waals surface area contributed by atoms with Gasteiger partial charge in [-0.3, -0.25) is 9.48 Å². The van der Waals surface area contributed by atoms with Crippen molar-refractivity contribution >= 4 is 17.2 Å². The number of thiazole rings is 1. The zero-order valence-corrected chi connectivity index (χ0v) is 13.5. The molecule has 0 bridgehead atoms. The summed E-state index contributed by atoms with van der Waals surface area (Å²) in [5.41, 5.74) is 2.66. The molecule has 2 aromatic rings. The van der Waals surface area contributed by atoms with Crippen molar-refractivity contribution in [3.05, 3.63) is 33.5 Å². The van der Waals surface area contributed by atoms with Crippen LogP contribution in [0.1, 0.15) is 52.1 Å². The molecule has 1 unspecified atom stereocenters. The summed E-state index contributed by atoms with van der Waals surface area (Å²) in [4.78, 5) is 19.4. The molecular weight excluding hydrogens is 284 g/mol. The van der Waals surface area contributed by atoms with E-state index in [1.54, 1.807) is 22.2 Å². The summed E-state index contributed by atoms with van der Waals surface area (Å²) in [6.07, 6.45) is 4.89. The van der Waals surface area contributed by atoms with Gasteiger partial charge >= 0.3 is 0 Å². The quantitative estimate of drug-likeness (QED) is 0.857. The Bertz CT molecular complexity index is 660. The number of rotatable bonds is 2. The highest BCUT2D eigenvalue weighted by molar-refractivity contribution is 7.09. The molecule has 1 aliphatic rings. The number of amides is 1. The lowest BCUT2D eigenvalue weighted by Crippen LogP contribution is -2.38. The predicted octanol–water partition coefficient (Wildman–Crippen LogP) is 2.86. The van der Waals surface area contributed by atoms with E-state index in [1.165, 1.54) is 0 Å². The second kappa shape index (κ2) is 5.60. The van der Waals surface area contributed by atoms with Crippen molar-refractivity contribution in [2.75, 3.05) is 6.54 Å². The van der Waals surface area contributed by atoms with Gasteiger partial charge in [-0.05, 0) is 33.1 Å². The van der Waals surface area contributed by atoms with Crippen molar-refractivity contribution in [3.63, 3.8) is 0 Å². The highest BCUT2D eigenvalue weighted by Gasteiger charge is 2.31. The molecule has 1 amide bonds. The molecule has 1 saturated heterocycles. The Morgan fingerprint density at radius 2 is 2.19 bits per heavy atom. The van der Waals surface area contributed by atoms with E-state index in [0.717, 1.165) is 42.2 Å². The first kappa shape index (κ1) is 14.3. The van der Waals surface area contributed by atoms with Gasteiger partial charge in [-0.15, -0.1) is 11.3 Å². The van der Waals surface area contributed by atoms with Crippen LogP contribution >= 0.6 is 11.3 Å². The maximum atomic E-state index is 12.9. The molecule has 5 nitrogen and oxygen atoms in total. The molecular formula is C15H20N4OS. The Morgan fingerprint density at radius 1 is 1.38 bits per heavy atom. The predicted molar refractivity (Wildman–Crippen MR) is 82.4 cm³/mol. The van der Waals surface area contributed by atoms with Crippen molar-refractivity contribution in [1.29, 1.82) is 0 Å². The molecule has 0 radical (unpaired) electrons. The van der Waals surface area contributed by atoms with Gasteiger partial charge < -0.3 is 4.90 Å². The van der Waals surface area contributed by atoms with Crippen LogP contribution < -0.4 is 0 Å². The molecule has 0 aromatic carbocycles. The minimum absolute atomic E-state index is 0.0816. The standard InChI is InChI=1S/C15H20N4OS/c1-10-9-21-14(17-10)13-6-4-5-7-19(13)15(20)12-8-16-18(3)11(12)2/h8-9,13H,4-7H2,1-3H3. The van der Waals surface area contributed by atoms with Crippen LogP contribution in [0.4, 0.5) is 0 Å². The van der Waals surface area contributed by atoms with Crippen LogP contribution in [0.2, 0.25) is 0 Å². The van der Waals surface area contributed by atoms with Crippen molar-refractivity contribution in [3.8, 4) is 0 Å². The van der Waals surface area contributed by atoms with E-state index in [1.807, 2.05) is 25.8 Å². The maximum absolute atomic E-state index is 12.9. The summed E-state index contributed by atoms with van der Waals surface area (Å²) in [6.45, 7) is 4.74. The summed E-state index contributed by atoms with van der Waals surface area (Å²) in [6, 6.07) is 0.115. The summed E-state index contributed by atoms with van der Waals surface area (Å²) in [7, 11) is 1.87. The Kier molecular flexibility index (Phi) is 3.80. The van der Waals surface area contributed by atoms with Gasteiger partial charge in [-0.1, -0.05) is 0 Å². The SMILES string of the molecule is Cc1csc(C2CCCCN2C(=O)c2cnn(C)c2C)n1. The fourth-order valence-electron chi connectivity index (χ4n) is 2.82. The molecule has 1 atom stereocenters. The number of carbonyl (C=O) groups excluding carboxylic acids is 1. The van der Waals surface area contributed by atoms with Gasteiger partial charge in [0.15, 0.2) is 0 Å². The van der Waals surface area contributed by atoms with E-state index in [-0.39, 0.29) is 11.9 Å². The average Bonchev–Trinajstić information content (AvgIpc) is 3.06. The van der Waals surface area contributed by atoms with E-state index in [0.29, 0.717) is 5.56 Å². The number of aromatic nitrogens is 3. The molecule has 21 heavy (non-hydrogen) atoms. The van der Waals surface area contributed by atoms with Crippen LogP contribution in [-0.4, -0.2) is 32.1 Å². The van der Waals surface area contributed by atoms with Gasteiger partial charge in [0.1, 0.15) is 5.01 Å². The minimum atomic E-state index is 0.0816. The number of aryl methyl sites for hydroxylation is 2. The van der Waals surface area contributed by atoms with Gasteiger partial charge in [0.2, 0.25) is 0 Å². The van der Waals surface area contributed by atoms with Crippen LogP contribution in [-0.2, 0) is 7.05 Å². The summed E-state index contributed by atoms with van der Waals surface area (Å²) in [5, 5.41) is 7.31. The zero-order chi connectivity index (χ0) is 15.0. The maximum Gasteiger partial charge on any atom is 0.257 e. The number of carbonyl (C=O) groups is 1. The number of likely N-dealkylation sites (tertiary alicyclic amines) is 1. The van der Waals surface area contributed by atoms with Crippen LogP contribution in [0, 0.1) is 13.8 Å². The first-order valence-corrected chi connectivity index (χ1v) is 8.17. The number of piperidine rings is 1. The lowest BCUT2D eigenvalue weighted by Gasteiger charge is -2.34. The lowest BCUT2D eigenvalue weighted by molar-refractivity contribution is 0.0610. The minimum Gasteiger partial charge on any atom is -0.329 e. The molecule has 6 heteroatoms. The van der Waals surface area contributed by atoms with Crippen molar-refractivity contribution in [2.24, 2.45) is 7.05 Å². The Balaban J connectivity index is 1.91. The van der Waals surface area contributed by atoms with Crippen molar-refractivity contribution in [1.82, 2.24) is 19.7 Å². The number of nitrogens with zero attached hydrogens (tertiary/aromatic N) is 4. The van der Waals surface area contributed by atoms with Gasteiger partial charge in [-0.25, -0.2) is 4.98 Å². The topological polar surface area (TPSA) is 51.0 Å². The van der Waals surface area contributed by atoms with Gasteiger partial charge in [0, 0.05) is 30.4 Å². The van der Waals surface area contributed by atoms with Crippen molar-refractivity contribution < 1.29 is 4.79 Å². The molecule has 1 aliphatic heterocycles. The number of hydrogen-bond acceptors (Lipinski definition) is 4. The molecule has 3 rings (SSSR count). The third-order valence-corrected chi connectivity index (χ3v) is 5.21. The van der Waals surface area contributed by atoms with Crippen LogP contribution in [0.15, 0.2) is 11.6 Å². The average molecular weight is 304 g/mol. The normalized spacial score (nSPS) is 19.0. The third kappa shape index (κ3) is 2.60.